The molecule has 2 rings (SSSR count). The van der Waals surface area contributed by atoms with Crippen molar-refractivity contribution in [1.29, 1.82) is 0 Å². The van der Waals surface area contributed by atoms with E-state index in [1.165, 1.54) is 25.1 Å². The second-order valence-electron chi connectivity index (χ2n) is 4.61. The van der Waals surface area contributed by atoms with Crippen LogP contribution in [0.3, 0.4) is 0 Å². The van der Waals surface area contributed by atoms with Crippen molar-refractivity contribution in [3.8, 4) is 0 Å². The summed E-state index contributed by atoms with van der Waals surface area (Å²) < 4.78 is 38.2. The van der Waals surface area contributed by atoms with E-state index in [-0.39, 0.29) is 11.3 Å². The van der Waals surface area contributed by atoms with Crippen LogP contribution in [-0.2, 0) is 4.79 Å². The first-order valence-electron chi connectivity index (χ1n) is 6.48. The third-order valence-electron chi connectivity index (χ3n) is 2.83. The number of nitrogens with one attached hydrogen (secondary N) is 3. The fourth-order valence-electron chi connectivity index (χ4n) is 1.91. The zero-order valence-corrected chi connectivity index (χ0v) is 12.9. The highest BCUT2D eigenvalue weighted by molar-refractivity contribution is 8.03. The minimum absolute atomic E-state index is 0.0659. The summed E-state index contributed by atoms with van der Waals surface area (Å²) in [5, 5.41) is 8.28. The molecule has 0 aliphatic carbocycles. The van der Waals surface area contributed by atoms with Gasteiger partial charge in [-0.15, -0.1) is 4.91 Å². The SMILES string of the molecule is CC(=O)Nc1ccccc1C(=O)NC1NC(C(F)(F)F)=C(N=O)S1. The van der Waals surface area contributed by atoms with Gasteiger partial charge in [-0.1, -0.05) is 23.9 Å². The molecule has 1 aliphatic rings. The zero-order valence-electron chi connectivity index (χ0n) is 12.1. The Kier molecular flexibility index (Phi) is 5.12. The topological polar surface area (TPSA) is 99.7 Å². The number of alkyl halides is 3. The lowest BCUT2D eigenvalue weighted by Gasteiger charge is -2.16. The van der Waals surface area contributed by atoms with Gasteiger partial charge >= 0.3 is 6.18 Å². The highest BCUT2D eigenvalue weighted by atomic mass is 32.2. The van der Waals surface area contributed by atoms with Gasteiger partial charge in [0.1, 0.15) is 0 Å². The summed E-state index contributed by atoms with van der Waals surface area (Å²) in [6.45, 7) is 1.25. The first-order chi connectivity index (χ1) is 11.2. The molecule has 0 radical (unpaired) electrons. The molecule has 0 spiro atoms. The molecular formula is C13H11F3N4O3S. The first kappa shape index (κ1) is 17.8. The number of rotatable bonds is 4. The number of carbonyl (C=O) groups excluding carboxylic acids is 2. The number of para-hydroxylation sites is 1. The summed E-state index contributed by atoms with van der Waals surface area (Å²) in [4.78, 5) is 33.9. The van der Waals surface area contributed by atoms with Gasteiger partial charge in [0.2, 0.25) is 5.91 Å². The predicted molar refractivity (Wildman–Crippen MR) is 81.6 cm³/mol. The van der Waals surface area contributed by atoms with Crippen molar-refractivity contribution in [1.82, 2.24) is 10.6 Å². The largest absolute Gasteiger partial charge is 0.433 e. The predicted octanol–water partition coefficient (Wildman–Crippen LogP) is 2.49. The molecule has 0 saturated heterocycles. The number of benzene rings is 1. The van der Waals surface area contributed by atoms with E-state index in [9.17, 15) is 27.7 Å². The van der Waals surface area contributed by atoms with Crippen LogP contribution in [0.5, 0.6) is 0 Å². The Morgan fingerprint density at radius 3 is 2.50 bits per heavy atom. The number of nitroso groups, excluding NO2 is 1. The van der Waals surface area contributed by atoms with Crippen molar-refractivity contribution in [2.24, 2.45) is 5.18 Å². The number of allylic oxidation sites excluding steroid dienone is 1. The van der Waals surface area contributed by atoms with Gasteiger partial charge in [-0.25, -0.2) is 0 Å². The molecular weight excluding hydrogens is 349 g/mol. The van der Waals surface area contributed by atoms with Crippen molar-refractivity contribution < 1.29 is 22.8 Å². The molecule has 1 atom stereocenters. The van der Waals surface area contributed by atoms with Crippen LogP contribution < -0.4 is 16.0 Å². The third kappa shape index (κ3) is 4.04. The fraction of sp³-hybridized carbons (Fsp3) is 0.231. The maximum Gasteiger partial charge on any atom is 0.433 e. The van der Waals surface area contributed by atoms with Crippen LogP contribution in [0.25, 0.3) is 0 Å². The van der Waals surface area contributed by atoms with Crippen molar-refractivity contribution >= 4 is 29.3 Å². The molecule has 7 nitrogen and oxygen atoms in total. The number of thioether (sulfide) groups is 1. The Hall–Kier alpha value is -2.56. The molecule has 1 aromatic rings. The van der Waals surface area contributed by atoms with Gasteiger partial charge in [-0.3, -0.25) is 9.59 Å². The maximum atomic E-state index is 12.7. The number of nitrogens with zero attached hydrogens (tertiary/aromatic N) is 1. The van der Waals surface area contributed by atoms with Crippen LogP contribution >= 0.6 is 11.8 Å². The van der Waals surface area contributed by atoms with E-state index >= 15 is 0 Å². The van der Waals surface area contributed by atoms with Crippen LogP contribution in [0.2, 0.25) is 0 Å². The lowest BCUT2D eigenvalue weighted by Crippen LogP contribution is -2.42. The van der Waals surface area contributed by atoms with Crippen molar-refractivity contribution in [2.45, 2.75) is 18.6 Å². The van der Waals surface area contributed by atoms with Crippen molar-refractivity contribution in [3.05, 3.63) is 45.5 Å². The molecule has 0 saturated carbocycles. The number of hydrogen-bond acceptors (Lipinski definition) is 6. The second-order valence-corrected chi connectivity index (χ2v) is 5.71. The standard InChI is InChI=1S/C13H11F3N4O3S/c1-6(21)17-8-5-3-2-4-7(8)10(22)19-12-18-9(13(14,15)16)11(20-23)24-12/h2-5,12,18H,1H3,(H,17,21)(H,19,22). The quantitative estimate of drug-likeness (QED) is 0.717. The molecule has 128 valence electrons. The molecule has 11 heteroatoms. The molecule has 1 aromatic carbocycles. The molecule has 2 amide bonds. The number of halogens is 3. The summed E-state index contributed by atoms with van der Waals surface area (Å²) in [6, 6.07) is 6.00. The molecule has 0 fully saturated rings. The summed E-state index contributed by atoms with van der Waals surface area (Å²) in [5.74, 6) is -1.13. The Balaban J connectivity index is 2.13. The lowest BCUT2D eigenvalue weighted by molar-refractivity contribution is -0.114. The summed E-state index contributed by atoms with van der Waals surface area (Å²) in [5.41, 5.74) is -2.24. The maximum absolute atomic E-state index is 12.7. The van der Waals surface area contributed by atoms with Gasteiger partial charge < -0.3 is 16.0 Å². The summed E-state index contributed by atoms with van der Waals surface area (Å²) in [7, 11) is 0. The number of hydrogen-bond donors (Lipinski definition) is 3. The normalized spacial score (nSPS) is 17.2. The summed E-state index contributed by atoms with van der Waals surface area (Å²) >= 11 is 0.438. The number of anilines is 1. The summed E-state index contributed by atoms with van der Waals surface area (Å²) in [6.07, 6.45) is -4.79. The molecule has 0 bridgehead atoms. The van der Waals surface area contributed by atoms with Gasteiger partial charge in [-0.05, 0) is 17.3 Å². The zero-order chi connectivity index (χ0) is 17.9. The van der Waals surface area contributed by atoms with Gasteiger partial charge in [0, 0.05) is 6.92 Å². The van der Waals surface area contributed by atoms with Crippen LogP contribution in [0, 0.1) is 4.91 Å². The van der Waals surface area contributed by atoms with E-state index in [1.54, 1.807) is 6.07 Å². The lowest BCUT2D eigenvalue weighted by atomic mass is 10.1. The number of carbonyl (C=O) groups is 2. The Bertz CT molecular complexity index is 721. The van der Waals surface area contributed by atoms with E-state index in [1.807, 2.05) is 5.32 Å². The molecule has 0 aromatic heterocycles. The third-order valence-corrected chi connectivity index (χ3v) is 3.80. The van der Waals surface area contributed by atoms with Crippen LogP contribution in [0.15, 0.2) is 40.2 Å². The molecule has 1 heterocycles. The average Bonchev–Trinajstić information content (AvgIpc) is 2.90. The van der Waals surface area contributed by atoms with Gasteiger partial charge in [0.05, 0.1) is 11.3 Å². The second kappa shape index (κ2) is 6.91. The molecule has 3 N–H and O–H groups in total. The van der Waals surface area contributed by atoms with Crippen molar-refractivity contribution in [3.63, 3.8) is 0 Å². The van der Waals surface area contributed by atoms with Gasteiger partial charge in [-0.2, -0.15) is 13.2 Å². The smallest absolute Gasteiger partial charge is 0.350 e. The van der Waals surface area contributed by atoms with Crippen LogP contribution in [0.1, 0.15) is 17.3 Å². The van der Waals surface area contributed by atoms with Crippen LogP contribution in [-0.4, -0.2) is 23.5 Å². The van der Waals surface area contributed by atoms with Gasteiger partial charge in [0.25, 0.3) is 5.91 Å². The highest BCUT2D eigenvalue weighted by Gasteiger charge is 2.43. The van der Waals surface area contributed by atoms with Gasteiger partial charge in [0.15, 0.2) is 16.2 Å². The molecule has 1 unspecified atom stereocenters. The highest BCUT2D eigenvalue weighted by Crippen LogP contribution is 2.38. The van der Waals surface area contributed by atoms with E-state index in [0.717, 1.165) is 0 Å². The molecule has 1 aliphatic heterocycles. The van der Waals surface area contributed by atoms with Crippen molar-refractivity contribution in [2.75, 3.05) is 5.32 Å². The van der Waals surface area contributed by atoms with E-state index in [2.05, 4.69) is 15.8 Å². The van der Waals surface area contributed by atoms with E-state index < -0.39 is 34.2 Å². The Morgan fingerprint density at radius 1 is 1.29 bits per heavy atom. The minimum atomic E-state index is -4.79. The average molecular weight is 360 g/mol. The fourth-order valence-corrected chi connectivity index (χ4v) is 2.81. The molecule has 24 heavy (non-hydrogen) atoms. The Morgan fingerprint density at radius 2 is 1.96 bits per heavy atom. The van der Waals surface area contributed by atoms with E-state index in [0.29, 0.717) is 11.8 Å². The minimum Gasteiger partial charge on any atom is -0.350 e. The van der Waals surface area contributed by atoms with E-state index in [4.69, 9.17) is 0 Å². The monoisotopic (exact) mass is 360 g/mol. The first-order valence-corrected chi connectivity index (χ1v) is 7.36. The Labute approximate surface area is 138 Å². The van der Waals surface area contributed by atoms with Crippen LogP contribution in [0.4, 0.5) is 18.9 Å². The number of amides is 2.